The molecule has 2 nitrogen and oxygen atoms in total. The molecule has 1 rings (SSSR count). The zero-order valence-corrected chi connectivity index (χ0v) is 9.68. The molecule has 0 aromatic carbocycles. The van der Waals surface area contributed by atoms with Gasteiger partial charge in [-0.1, -0.05) is 0 Å². The second-order valence-electron chi connectivity index (χ2n) is 3.74. The average Bonchev–Trinajstić information content (AvgIpc) is 2.26. The van der Waals surface area contributed by atoms with Crippen LogP contribution in [0.25, 0.3) is 0 Å². The summed E-state index contributed by atoms with van der Waals surface area (Å²) < 4.78 is 2.03. The highest BCUT2D eigenvalue weighted by Crippen LogP contribution is 2.27. The van der Waals surface area contributed by atoms with Crippen molar-refractivity contribution < 1.29 is 0 Å². The first kappa shape index (κ1) is 10.6. The molecule has 1 aromatic heterocycles. The van der Waals surface area contributed by atoms with Crippen molar-refractivity contribution >= 4 is 11.6 Å². The maximum atomic E-state index is 6.08. The van der Waals surface area contributed by atoms with Crippen LogP contribution in [-0.4, -0.2) is 9.78 Å². The third-order valence-corrected chi connectivity index (χ3v) is 2.49. The van der Waals surface area contributed by atoms with Crippen LogP contribution in [0.3, 0.4) is 0 Å². The van der Waals surface area contributed by atoms with Gasteiger partial charge in [-0.25, -0.2) is 0 Å². The number of rotatable bonds is 2. The van der Waals surface area contributed by atoms with E-state index in [1.807, 2.05) is 18.5 Å². The average molecular weight is 201 g/mol. The maximum Gasteiger partial charge on any atom is 0.0643 e. The second-order valence-corrected chi connectivity index (χ2v) is 4.39. The van der Waals surface area contributed by atoms with E-state index in [9.17, 15) is 0 Å². The van der Waals surface area contributed by atoms with Crippen LogP contribution in [-0.2, 0) is 0 Å². The molecule has 0 amide bonds. The molecule has 0 saturated carbocycles. The van der Waals surface area contributed by atoms with Crippen molar-refractivity contribution in [2.75, 3.05) is 0 Å². The summed E-state index contributed by atoms with van der Waals surface area (Å²) in [4.78, 5) is 0. The van der Waals surface area contributed by atoms with Gasteiger partial charge in [-0.2, -0.15) is 5.10 Å². The van der Waals surface area contributed by atoms with E-state index in [2.05, 4.69) is 25.9 Å². The molecular formula is C10H17ClN2. The number of aryl methyl sites for hydroxylation is 1. The fraction of sp³-hybridized carbons (Fsp3) is 0.700. The summed E-state index contributed by atoms with van der Waals surface area (Å²) in [5.41, 5.74) is 3.42. The minimum Gasteiger partial charge on any atom is -0.267 e. The van der Waals surface area contributed by atoms with Crippen molar-refractivity contribution in [3.05, 3.63) is 17.0 Å². The number of halogens is 1. The van der Waals surface area contributed by atoms with Crippen LogP contribution < -0.4 is 0 Å². The number of aromatic nitrogens is 2. The van der Waals surface area contributed by atoms with Gasteiger partial charge in [0.05, 0.1) is 11.1 Å². The Morgan fingerprint density at radius 1 is 1.23 bits per heavy atom. The minimum atomic E-state index is 0.0486. The van der Waals surface area contributed by atoms with Gasteiger partial charge in [-0.3, -0.25) is 4.68 Å². The first-order valence-electron chi connectivity index (χ1n) is 4.64. The van der Waals surface area contributed by atoms with E-state index < -0.39 is 0 Å². The van der Waals surface area contributed by atoms with Crippen molar-refractivity contribution in [2.24, 2.45) is 0 Å². The first-order chi connectivity index (χ1) is 5.95. The molecule has 0 radical (unpaired) electrons. The Bertz CT molecular complexity index is 300. The van der Waals surface area contributed by atoms with Gasteiger partial charge in [-0.05, 0) is 34.6 Å². The minimum absolute atomic E-state index is 0.0486. The van der Waals surface area contributed by atoms with E-state index >= 15 is 0 Å². The van der Waals surface area contributed by atoms with Crippen LogP contribution in [0.1, 0.15) is 49.1 Å². The molecule has 1 atom stereocenters. The van der Waals surface area contributed by atoms with Gasteiger partial charge in [-0.15, -0.1) is 11.6 Å². The van der Waals surface area contributed by atoms with Crippen LogP contribution >= 0.6 is 11.6 Å². The van der Waals surface area contributed by atoms with Crippen molar-refractivity contribution in [1.82, 2.24) is 9.78 Å². The predicted octanol–water partition coefficient (Wildman–Crippen LogP) is 3.38. The van der Waals surface area contributed by atoms with Crippen molar-refractivity contribution in [3.63, 3.8) is 0 Å². The van der Waals surface area contributed by atoms with Crippen LogP contribution in [0.4, 0.5) is 0 Å². The Morgan fingerprint density at radius 2 is 1.77 bits per heavy atom. The Morgan fingerprint density at radius 3 is 2.00 bits per heavy atom. The molecule has 0 fully saturated rings. The van der Waals surface area contributed by atoms with Crippen LogP contribution in [0, 0.1) is 13.8 Å². The number of hydrogen-bond donors (Lipinski definition) is 0. The third kappa shape index (κ3) is 1.88. The molecule has 1 aromatic rings. The predicted molar refractivity (Wildman–Crippen MR) is 56.4 cm³/mol. The van der Waals surface area contributed by atoms with Crippen molar-refractivity contribution in [1.29, 1.82) is 0 Å². The van der Waals surface area contributed by atoms with E-state index in [-0.39, 0.29) is 5.38 Å². The van der Waals surface area contributed by atoms with Crippen molar-refractivity contribution in [3.8, 4) is 0 Å². The lowest BCUT2D eigenvalue weighted by molar-refractivity contribution is 0.515. The largest absolute Gasteiger partial charge is 0.267 e. The summed E-state index contributed by atoms with van der Waals surface area (Å²) in [7, 11) is 0. The fourth-order valence-corrected chi connectivity index (χ4v) is 2.07. The standard InChI is InChI=1S/C10H17ClN2/c1-6(2)13-9(5)10(7(3)11)8(4)12-13/h6-7H,1-5H3. The van der Waals surface area contributed by atoms with Gasteiger partial charge < -0.3 is 0 Å². The SMILES string of the molecule is Cc1nn(C(C)C)c(C)c1C(C)Cl. The summed E-state index contributed by atoms with van der Waals surface area (Å²) in [6, 6.07) is 0.405. The molecule has 1 unspecified atom stereocenters. The molecule has 1 heterocycles. The summed E-state index contributed by atoms with van der Waals surface area (Å²) in [6.45, 7) is 10.3. The molecule has 0 N–H and O–H groups in total. The van der Waals surface area contributed by atoms with Crippen LogP contribution in [0.5, 0.6) is 0 Å². The quantitative estimate of drug-likeness (QED) is 0.670. The number of nitrogens with zero attached hydrogens (tertiary/aromatic N) is 2. The summed E-state index contributed by atoms with van der Waals surface area (Å²) in [5.74, 6) is 0. The Kier molecular flexibility index (Phi) is 3.01. The highest BCUT2D eigenvalue weighted by Gasteiger charge is 2.16. The molecule has 74 valence electrons. The van der Waals surface area contributed by atoms with E-state index in [1.165, 1.54) is 11.3 Å². The van der Waals surface area contributed by atoms with Gasteiger partial charge >= 0.3 is 0 Å². The van der Waals surface area contributed by atoms with E-state index in [4.69, 9.17) is 11.6 Å². The van der Waals surface area contributed by atoms with Gasteiger partial charge in [0.25, 0.3) is 0 Å². The number of alkyl halides is 1. The van der Waals surface area contributed by atoms with Crippen LogP contribution in [0.2, 0.25) is 0 Å². The molecule has 0 aliphatic carbocycles. The van der Waals surface area contributed by atoms with E-state index in [0.29, 0.717) is 6.04 Å². The van der Waals surface area contributed by atoms with Gasteiger partial charge in [0.15, 0.2) is 0 Å². The van der Waals surface area contributed by atoms with Gasteiger partial charge in [0.1, 0.15) is 0 Å². The highest BCUT2D eigenvalue weighted by molar-refractivity contribution is 6.20. The Balaban J connectivity index is 3.22. The highest BCUT2D eigenvalue weighted by atomic mass is 35.5. The molecule has 0 saturated heterocycles. The van der Waals surface area contributed by atoms with E-state index in [0.717, 1.165) is 5.69 Å². The lowest BCUT2D eigenvalue weighted by Crippen LogP contribution is -2.05. The molecular weight excluding hydrogens is 184 g/mol. The molecule has 13 heavy (non-hydrogen) atoms. The maximum absolute atomic E-state index is 6.08. The van der Waals surface area contributed by atoms with E-state index in [1.54, 1.807) is 0 Å². The molecule has 3 heteroatoms. The molecule has 0 spiro atoms. The summed E-state index contributed by atoms with van der Waals surface area (Å²) >= 11 is 6.08. The number of hydrogen-bond acceptors (Lipinski definition) is 1. The van der Waals surface area contributed by atoms with Crippen LogP contribution in [0.15, 0.2) is 0 Å². The molecule has 0 bridgehead atoms. The zero-order valence-electron chi connectivity index (χ0n) is 8.93. The lowest BCUT2D eigenvalue weighted by atomic mass is 10.1. The first-order valence-corrected chi connectivity index (χ1v) is 5.08. The Labute approximate surface area is 84.9 Å². The van der Waals surface area contributed by atoms with Crippen molar-refractivity contribution in [2.45, 2.75) is 46.0 Å². The third-order valence-electron chi connectivity index (χ3n) is 2.27. The Hall–Kier alpha value is -0.500. The smallest absolute Gasteiger partial charge is 0.0643 e. The zero-order chi connectivity index (χ0) is 10.2. The summed E-state index contributed by atoms with van der Waals surface area (Å²) in [6.07, 6.45) is 0. The van der Waals surface area contributed by atoms with Gasteiger partial charge in [0.2, 0.25) is 0 Å². The van der Waals surface area contributed by atoms with Gasteiger partial charge in [0, 0.05) is 17.3 Å². The topological polar surface area (TPSA) is 17.8 Å². The fourth-order valence-electron chi connectivity index (χ4n) is 1.75. The molecule has 0 aliphatic heterocycles. The molecule has 0 aliphatic rings. The summed E-state index contributed by atoms with van der Waals surface area (Å²) in [5, 5.41) is 4.51. The normalized spacial score (nSPS) is 13.8. The second kappa shape index (κ2) is 3.70. The lowest BCUT2D eigenvalue weighted by Gasteiger charge is -2.09. The monoisotopic (exact) mass is 200 g/mol.